The molecule has 0 saturated carbocycles. The number of nitrogens with zero attached hydrogens (tertiary/aromatic N) is 1. The van der Waals surface area contributed by atoms with E-state index in [1.54, 1.807) is 0 Å². The number of amides is 1. The lowest BCUT2D eigenvalue weighted by atomic mass is 10.0. The Morgan fingerprint density at radius 1 is 1.53 bits per heavy atom. The van der Waals surface area contributed by atoms with E-state index in [2.05, 4.69) is 33.1 Å². The third kappa shape index (κ3) is 4.04. The second-order valence-electron chi connectivity index (χ2n) is 5.16. The van der Waals surface area contributed by atoms with E-state index in [-0.39, 0.29) is 5.91 Å². The molecule has 1 aromatic heterocycles. The summed E-state index contributed by atoms with van der Waals surface area (Å²) in [6, 6.07) is 2.29. The number of carbonyl (C=O) groups is 1. The zero-order valence-corrected chi connectivity index (χ0v) is 13.9. The Morgan fingerprint density at radius 2 is 2.21 bits per heavy atom. The summed E-state index contributed by atoms with van der Waals surface area (Å²) in [6.07, 6.45) is 3.34. The van der Waals surface area contributed by atoms with Crippen LogP contribution in [0.1, 0.15) is 41.4 Å². The standard InChI is InChI=1S/C14H21BrN2OS/c1-3-6-17-7-4-11(5-8-17)16-14(18)12-9-10(2)13(15)19-12/h9,11H,3-8H2,1-2H3,(H,16,18). The van der Waals surface area contributed by atoms with Gasteiger partial charge >= 0.3 is 0 Å². The van der Waals surface area contributed by atoms with Crippen molar-refractivity contribution in [2.24, 2.45) is 0 Å². The van der Waals surface area contributed by atoms with Gasteiger partial charge in [0, 0.05) is 19.1 Å². The quantitative estimate of drug-likeness (QED) is 0.907. The smallest absolute Gasteiger partial charge is 0.261 e. The van der Waals surface area contributed by atoms with Crippen LogP contribution < -0.4 is 5.32 Å². The van der Waals surface area contributed by atoms with E-state index in [1.807, 2.05) is 13.0 Å². The van der Waals surface area contributed by atoms with Crippen molar-refractivity contribution in [2.75, 3.05) is 19.6 Å². The fourth-order valence-corrected chi connectivity index (χ4v) is 3.88. The molecule has 0 aromatic carbocycles. The Labute approximate surface area is 127 Å². The first-order chi connectivity index (χ1) is 9.10. The van der Waals surface area contributed by atoms with E-state index in [1.165, 1.54) is 24.3 Å². The number of carbonyl (C=O) groups excluding carboxylic acids is 1. The van der Waals surface area contributed by atoms with Crippen LogP contribution in [0.15, 0.2) is 9.85 Å². The molecule has 3 nitrogen and oxygen atoms in total. The molecule has 2 rings (SSSR count). The molecule has 0 unspecified atom stereocenters. The average molecular weight is 345 g/mol. The molecule has 0 bridgehead atoms. The van der Waals surface area contributed by atoms with Crippen LogP contribution in [0.3, 0.4) is 0 Å². The van der Waals surface area contributed by atoms with Gasteiger partial charge in [0.2, 0.25) is 0 Å². The maximum Gasteiger partial charge on any atom is 0.261 e. The van der Waals surface area contributed by atoms with Crippen LogP contribution >= 0.6 is 27.3 Å². The normalized spacial score (nSPS) is 17.6. The molecule has 106 valence electrons. The summed E-state index contributed by atoms with van der Waals surface area (Å²) >= 11 is 4.98. The number of hydrogen-bond acceptors (Lipinski definition) is 3. The Hall–Kier alpha value is -0.390. The lowest BCUT2D eigenvalue weighted by molar-refractivity contribution is 0.0915. The van der Waals surface area contributed by atoms with E-state index in [0.717, 1.165) is 40.2 Å². The molecule has 0 spiro atoms. The fraction of sp³-hybridized carbons (Fsp3) is 0.643. The summed E-state index contributed by atoms with van der Waals surface area (Å²) in [4.78, 5) is 15.4. The van der Waals surface area contributed by atoms with Gasteiger partial charge in [-0.25, -0.2) is 0 Å². The number of nitrogens with one attached hydrogen (secondary N) is 1. The molecule has 1 aliphatic heterocycles. The summed E-state index contributed by atoms with van der Waals surface area (Å²) in [5.74, 6) is 0.0766. The predicted octanol–water partition coefficient (Wildman–Crippen LogP) is 3.42. The summed E-state index contributed by atoms with van der Waals surface area (Å²) in [5, 5.41) is 3.16. The zero-order valence-electron chi connectivity index (χ0n) is 11.5. The van der Waals surface area contributed by atoms with E-state index >= 15 is 0 Å². The monoisotopic (exact) mass is 344 g/mol. The second-order valence-corrected chi connectivity index (χ2v) is 7.53. The SMILES string of the molecule is CCCN1CCC(NC(=O)c2cc(C)c(Br)s2)CC1. The predicted molar refractivity (Wildman–Crippen MR) is 84.0 cm³/mol. The molecular weight excluding hydrogens is 324 g/mol. The lowest BCUT2D eigenvalue weighted by Gasteiger charge is -2.31. The fourth-order valence-electron chi connectivity index (χ4n) is 2.45. The van der Waals surface area contributed by atoms with Gasteiger partial charge in [-0.1, -0.05) is 6.92 Å². The number of rotatable bonds is 4. The molecule has 2 heterocycles. The summed E-state index contributed by atoms with van der Waals surface area (Å²) in [6.45, 7) is 7.61. The van der Waals surface area contributed by atoms with Crippen molar-refractivity contribution < 1.29 is 4.79 Å². The minimum atomic E-state index is 0.0766. The van der Waals surface area contributed by atoms with Crippen molar-refractivity contribution in [3.8, 4) is 0 Å². The van der Waals surface area contributed by atoms with E-state index in [4.69, 9.17) is 0 Å². The lowest BCUT2D eigenvalue weighted by Crippen LogP contribution is -2.44. The van der Waals surface area contributed by atoms with Crippen molar-refractivity contribution >= 4 is 33.2 Å². The van der Waals surface area contributed by atoms with Crippen LogP contribution in [0, 0.1) is 6.92 Å². The highest BCUT2D eigenvalue weighted by atomic mass is 79.9. The van der Waals surface area contributed by atoms with Crippen molar-refractivity contribution in [3.63, 3.8) is 0 Å². The first kappa shape index (κ1) is 15.0. The number of hydrogen-bond donors (Lipinski definition) is 1. The highest BCUT2D eigenvalue weighted by Gasteiger charge is 2.21. The van der Waals surface area contributed by atoms with Gasteiger partial charge in [-0.3, -0.25) is 4.79 Å². The molecule has 5 heteroatoms. The molecule has 0 atom stereocenters. The summed E-state index contributed by atoms with van der Waals surface area (Å²) in [7, 11) is 0. The molecule has 19 heavy (non-hydrogen) atoms. The van der Waals surface area contributed by atoms with Gasteiger partial charge in [-0.2, -0.15) is 0 Å². The third-order valence-electron chi connectivity index (χ3n) is 3.54. The molecule has 1 fully saturated rings. The largest absolute Gasteiger partial charge is 0.349 e. The van der Waals surface area contributed by atoms with Crippen molar-refractivity contribution in [1.82, 2.24) is 10.2 Å². The third-order valence-corrected chi connectivity index (χ3v) is 5.68. The number of piperidine rings is 1. The number of halogens is 1. The Morgan fingerprint density at radius 3 is 2.74 bits per heavy atom. The Balaban J connectivity index is 1.84. The first-order valence-electron chi connectivity index (χ1n) is 6.89. The van der Waals surface area contributed by atoms with Crippen molar-refractivity contribution in [3.05, 3.63) is 20.3 Å². The molecular formula is C14H21BrN2OS. The minimum Gasteiger partial charge on any atom is -0.349 e. The van der Waals surface area contributed by atoms with Gasteiger partial charge in [-0.05, 0) is 60.3 Å². The molecule has 1 N–H and O–H groups in total. The molecule has 0 radical (unpaired) electrons. The maximum absolute atomic E-state index is 12.2. The number of likely N-dealkylation sites (tertiary alicyclic amines) is 1. The van der Waals surface area contributed by atoms with Gasteiger partial charge < -0.3 is 10.2 Å². The number of thiophene rings is 1. The first-order valence-corrected chi connectivity index (χ1v) is 8.50. The van der Waals surface area contributed by atoms with Gasteiger partial charge in [0.25, 0.3) is 5.91 Å². The average Bonchev–Trinajstić information content (AvgIpc) is 2.72. The number of aryl methyl sites for hydroxylation is 1. The zero-order chi connectivity index (χ0) is 13.8. The molecule has 1 saturated heterocycles. The van der Waals surface area contributed by atoms with Crippen LogP contribution in [-0.2, 0) is 0 Å². The Bertz CT molecular complexity index is 419. The maximum atomic E-state index is 12.2. The van der Waals surface area contributed by atoms with Crippen LogP contribution in [-0.4, -0.2) is 36.5 Å². The van der Waals surface area contributed by atoms with Gasteiger partial charge in [0.1, 0.15) is 0 Å². The van der Waals surface area contributed by atoms with E-state index in [9.17, 15) is 4.79 Å². The highest BCUT2D eigenvalue weighted by molar-refractivity contribution is 9.11. The highest BCUT2D eigenvalue weighted by Crippen LogP contribution is 2.27. The second kappa shape index (κ2) is 6.86. The molecule has 1 aliphatic rings. The van der Waals surface area contributed by atoms with Crippen LogP contribution in [0.4, 0.5) is 0 Å². The summed E-state index contributed by atoms with van der Waals surface area (Å²) in [5.41, 5.74) is 1.13. The van der Waals surface area contributed by atoms with Crippen molar-refractivity contribution in [1.29, 1.82) is 0 Å². The minimum absolute atomic E-state index is 0.0766. The van der Waals surface area contributed by atoms with Crippen LogP contribution in [0.25, 0.3) is 0 Å². The molecule has 1 amide bonds. The van der Waals surface area contributed by atoms with E-state index < -0.39 is 0 Å². The van der Waals surface area contributed by atoms with E-state index in [0.29, 0.717) is 6.04 Å². The van der Waals surface area contributed by atoms with Crippen LogP contribution in [0.5, 0.6) is 0 Å². The summed E-state index contributed by atoms with van der Waals surface area (Å²) < 4.78 is 1.05. The topological polar surface area (TPSA) is 32.3 Å². The van der Waals surface area contributed by atoms with Crippen LogP contribution in [0.2, 0.25) is 0 Å². The molecule has 1 aromatic rings. The molecule has 0 aliphatic carbocycles. The van der Waals surface area contributed by atoms with Crippen molar-refractivity contribution in [2.45, 2.75) is 39.2 Å². The van der Waals surface area contributed by atoms with Gasteiger partial charge in [0.15, 0.2) is 0 Å². The van der Waals surface area contributed by atoms with Gasteiger partial charge in [0.05, 0.1) is 8.66 Å². The Kier molecular flexibility index (Phi) is 5.42. The van der Waals surface area contributed by atoms with Gasteiger partial charge in [-0.15, -0.1) is 11.3 Å².